The largest absolute Gasteiger partial charge is 0.507 e. The summed E-state index contributed by atoms with van der Waals surface area (Å²) in [7, 11) is 0. The van der Waals surface area contributed by atoms with Gasteiger partial charge in [0.1, 0.15) is 17.5 Å². The first kappa shape index (κ1) is 19.2. The number of nitrogens with two attached hydrogens (primary N) is 1. The van der Waals surface area contributed by atoms with E-state index in [9.17, 15) is 9.90 Å². The number of carboxylic acid groups (broad SMARTS) is 1. The first-order valence-electron chi connectivity index (χ1n) is 6.60. The third kappa shape index (κ3) is 4.95. The lowest BCUT2D eigenvalue weighted by Crippen LogP contribution is -2.38. The SMILES string of the molecule is N[C@@H](CC1=CC(I)C(I)(Oc2ccc(O)c(I)c2)C=C1)C(=O)O. The van der Waals surface area contributed by atoms with Crippen LogP contribution in [0.15, 0.2) is 42.0 Å². The minimum atomic E-state index is -1.01. The summed E-state index contributed by atoms with van der Waals surface area (Å²) in [5.74, 6) is -0.131. The maximum absolute atomic E-state index is 10.9. The molecule has 0 aliphatic heterocycles. The number of ether oxygens (including phenoxy) is 1. The van der Waals surface area contributed by atoms with E-state index in [2.05, 4.69) is 45.2 Å². The molecule has 0 fully saturated rings. The zero-order valence-electron chi connectivity index (χ0n) is 11.7. The molecular formula is C15H14I3NO4. The fraction of sp³-hybridized carbons (Fsp3) is 0.267. The van der Waals surface area contributed by atoms with Crippen molar-refractivity contribution in [2.24, 2.45) is 5.73 Å². The number of hydrogen-bond acceptors (Lipinski definition) is 4. The summed E-state index contributed by atoms with van der Waals surface area (Å²) >= 11 is 6.52. The third-order valence-electron chi connectivity index (χ3n) is 3.23. The van der Waals surface area contributed by atoms with Crippen molar-refractivity contribution in [1.82, 2.24) is 0 Å². The predicted octanol–water partition coefficient (Wildman–Crippen LogP) is 3.61. The second-order valence-electron chi connectivity index (χ2n) is 5.04. The predicted molar refractivity (Wildman–Crippen MR) is 113 cm³/mol. The Hall–Kier alpha value is -0.0800. The molecule has 1 aliphatic rings. The fourth-order valence-corrected chi connectivity index (χ4v) is 3.87. The topological polar surface area (TPSA) is 92.8 Å². The lowest BCUT2D eigenvalue weighted by molar-refractivity contribution is -0.138. The van der Waals surface area contributed by atoms with Gasteiger partial charge in [-0.05, 0) is 81.5 Å². The number of carbonyl (C=O) groups is 1. The lowest BCUT2D eigenvalue weighted by Gasteiger charge is -2.32. The van der Waals surface area contributed by atoms with Crippen LogP contribution in [0.5, 0.6) is 11.5 Å². The maximum Gasteiger partial charge on any atom is 0.320 e. The van der Waals surface area contributed by atoms with Gasteiger partial charge in [0.15, 0.2) is 3.61 Å². The molecule has 23 heavy (non-hydrogen) atoms. The van der Waals surface area contributed by atoms with Crippen molar-refractivity contribution in [1.29, 1.82) is 0 Å². The Morgan fingerprint density at radius 1 is 1.48 bits per heavy atom. The standard InChI is InChI=1S/C15H14I3NO4/c16-10-7-9(1-2-12(10)20)23-15(18)4-3-8(6-13(15)17)5-11(19)14(21)22/h1-4,6-7,11,13,20H,5,19H2,(H,21,22)/t11-,13?,15?/m0/s1. The van der Waals surface area contributed by atoms with Crippen LogP contribution >= 0.6 is 67.8 Å². The van der Waals surface area contributed by atoms with Crippen molar-refractivity contribution in [3.8, 4) is 11.5 Å². The van der Waals surface area contributed by atoms with Gasteiger partial charge in [0.05, 0.1) is 7.49 Å². The highest BCUT2D eigenvalue weighted by molar-refractivity contribution is 14.1. The number of hydrogen-bond donors (Lipinski definition) is 3. The molecule has 124 valence electrons. The highest BCUT2D eigenvalue weighted by atomic mass is 127. The van der Waals surface area contributed by atoms with E-state index in [1.165, 1.54) is 0 Å². The van der Waals surface area contributed by atoms with Crippen molar-refractivity contribution in [2.75, 3.05) is 0 Å². The van der Waals surface area contributed by atoms with Gasteiger partial charge in [0.2, 0.25) is 0 Å². The normalized spacial score (nSPS) is 24.9. The quantitative estimate of drug-likeness (QED) is 0.334. The highest BCUT2D eigenvalue weighted by Crippen LogP contribution is 2.39. The van der Waals surface area contributed by atoms with Gasteiger partial charge in [0, 0.05) is 0 Å². The summed E-state index contributed by atoms with van der Waals surface area (Å²) in [6.45, 7) is 0. The van der Waals surface area contributed by atoms with Gasteiger partial charge in [-0.1, -0.05) is 34.7 Å². The van der Waals surface area contributed by atoms with E-state index in [0.29, 0.717) is 9.32 Å². The Labute approximate surface area is 174 Å². The van der Waals surface area contributed by atoms with Crippen LogP contribution in [0.1, 0.15) is 6.42 Å². The molecule has 2 unspecified atom stereocenters. The lowest BCUT2D eigenvalue weighted by atomic mass is 9.99. The van der Waals surface area contributed by atoms with E-state index in [0.717, 1.165) is 5.57 Å². The van der Waals surface area contributed by atoms with E-state index < -0.39 is 15.6 Å². The fourth-order valence-electron chi connectivity index (χ4n) is 1.97. The maximum atomic E-state index is 10.9. The van der Waals surface area contributed by atoms with Crippen molar-refractivity contribution < 1.29 is 19.7 Å². The van der Waals surface area contributed by atoms with Crippen LogP contribution in [0.4, 0.5) is 0 Å². The van der Waals surface area contributed by atoms with E-state index >= 15 is 0 Å². The van der Waals surface area contributed by atoms with Crippen LogP contribution < -0.4 is 10.5 Å². The van der Waals surface area contributed by atoms with E-state index in [1.54, 1.807) is 18.2 Å². The molecule has 1 aromatic rings. The number of phenols is 1. The zero-order valence-corrected chi connectivity index (χ0v) is 18.2. The van der Waals surface area contributed by atoms with Crippen molar-refractivity contribution in [3.63, 3.8) is 0 Å². The highest BCUT2D eigenvalue weighted by Gasteiger charge is 2.36. The van der Waals surface area contributed by atoms with Gasteiger partial charge in [0.25, 0.3) is 0 Å². The first-order chi connectivity index (χ1) is 10.7. The second kappa shape index (κ2) is 7.87. The molecule has 4 N–H and O–H groups in total. The number of allylic oxidation sites excluding steroid dienone is 1. The Morgan fingerprint density at radius 3 is 2.74 bits per heavy atom. The molecule has 5 nitrogen and oxygen atoms in total. The summed E-state index contributed by atoms with van der Waals surface area (Å²) in [4.78, 5) is 10.9. The number of alkyl halides is 2. The number of aromatic hydroxyl groups is 1. The van der Waals surface area contributed by atoms with E-state index in [-0.39, 0.29) is 16.1 Å². The van der Waals surface area contributed by atoms with Gasteiger partial charge in [-0.25, -0.2) is 0 Å². The minimum absolute atomic E-state index is 0.00755. The smallest absolute Gasteiger partial charge is 0.320 e. The summed E-state index contributed by atoms with van der Waals surface area (Å²) < 4.78 is 6.21. The Bertz CT molecular complexity index is 677. The van der Waals surface area contributed by atoms with E-state index in [1.807, 2.05) is 40.8 Å². The summed E-state index contributed by atoms with van der Waals surface area (Å²) in [6, 6.07) is 4.18. The number of rotatable bonds is 5. The Morgan fingerprint density at radius 2 is 2.17 bits per heavy atom. The number of phenolic OH excluding ortho intramolecular Hbond substituents is 1. The van der Waals surface area contributed by atoms with Gasteiger partial charge in [-0.3, -0.25) is 4.79 Å². The van der Waals surface area contributed by atoms with Gasteiger partial charge < -0.3 is 20.7 Å². The minimum Gasteiger partial charge on any atom is -0.507 e. The molecule has 0 radical (unpaired) electrons. The van der Waals surface area contributed by atoms with Crippen LogP contribution in [-0.4, -0.2) is 29.8 Å². The van der Waals surface area contributed by atoms with Gasteiger partial charge in [-0.2, -0.15) is 0 Å². The Kier molecular flexibility index (Phi) is 6.58. The number of carboxylic acids is 1. The van der Waals surface area contributed by atoms with Gasteiger partial charge in [-0.15, -0.1) is 0 Å². The van der Waals surface area contributed by atoms with Crippen molar-refractivity contribution >= 4 is 73.7 Å². The van der Waals surface area contributed by atoms with Crippen LogP contribution in [0, 0.1) is 3.57 Å². The summed E-state index contributed by atoms with van der Waals surface area (Å²) in [5.41, 5.74) is 6.47. The molecule has 1 aromatic carbocycles. The van der Waals surface area contributed by atoms with E-state index in [4.69, 9.17) is 15.6 Å². The molecular weight excluding hydrogens is 639 g/mol. The van der Waals surface area contributed by atoms with Crippen molar-refractivity contribution in [2.45, 2.75) is 20.0 Å². The molecule has 2 rings (SSSR count). The molecule has 0 saturated heterocycles. The molecule has 0 bridgehead atoms. The van der Waals surface area contributed by atoms with Crippen LogP contribution in [0.3, 0.4) is 0 Å². The molecule has 0 spiro atoms. The molecule has 1 aliphatic carbocycles. The molecule has 3 atom stereocenters. The van der Waals surface area contributed by atoms with Crippen LogP contribution in [-0.2, 0) is 4.79 Å². The van der Waals surface area contributed by atoms with Crippen LogP contribution in [0.25, 0.3) is 0 Å². The average molecular weight is 653 g/mol. The number of aliphatic carboxylic acids is 1. The number of halogens is 3. The van der Waals surface area contributed by atoms with Crippen LogP contribution in [0.2, 0.25) is 0 Å². The van der Waals surface area contributed by atoms with Gasteiger partial charge >= 0.3 is 5.97 Å². The monoisotopic (exact) mass is 653 g/mol. The second-order valence-corrected chi connectivity index (χ2v) is 9.23. The molecule has 0 amide bonds. The molecule has 0 heterocycles. The zero-order chi connectivity index (χ0) is 17.2. The third-order valence-corrected chi connectivity index (χ3v) is 7.82. The number of benzene rings is 1. The van der Waals surface area contributed by atoms with Crippen molar-refractivity contribution in [3.05, 3.63) is 45.6 Å². The first-order valence-corrected chi connectivity index (χ1v) is 10.0. The summed E-state index contributed by atoms with van der Waals surface area (Å²) in [5, 5.41) is 18.5. The molecule has 0 saturated carbocycles. The molecule has 8 heteroatoms. The average Bonchev–Trinajstić information content (AvgIpc) is 2.47. The molecule has 0 aromatic heterocycles. The summed E-state index contributed by atoms with van der Waals surface area (Å²) in [6.07, 6.45) is 6.03. The Balaban J connectivity index is 2.12.